The maximum Gasteiger partial charge on any atom is 0.319 e. The van der Waals surface area contributed by atoms with E-state index < -0.39 is 11.8 Å². The van der Waals surface area contributed by atoms with Crippen molar-refractivity contribution in [3.05, 3.63) is 42.0 Å². The first-order chi connectivity index (χ1) is 11.6. The number of amides is 3. The largest absolute Gasteiger partial charge is 0.338 e. The molecule has 0 saturated carbocycles. The Hall–Kier alpha value is -2.90. The number of carbonyl (C=O) groups is 2. The Bertz CT molecular complexity index is 745. The van der Waals surface area contributed by atoms with Crippen LogP contribution in [0.15, 0.2) is 30.6 Å². The highest BCUT2D eigenvalue weighted by molar-refractivity contribution is 5.95. The first kappa shape index (κ1) is 16.0. The third-order valence-electron chi connectivity index (χ3n) is 3.75. The molecule has 7 nitrogen and oxygen atoms in total. The second kappa shape index (κ2) is 7.12. The molecule has 3 amide bonds. The Balaban J connectivity index is 1.51. The van der Waals surface area contributed by atoms with Crippen LogP contribution < -0.4 is 16.0 Å². The fourth-order valence-corrected chi connectivity index (χ4v) is 2.54. The minimum absolute atomic E-state index is 0.106. The van der Waals surface area contributed by atoms with Gasteiger partial charge in [-0.3, -0.25) is 9.48 Å². The zero-order valence-electron chi connectivity index (χ0n) is 13.0. The Kier molecular flexibility index (Phi) is 4.74. The Morgan fingerprint density at radius 2 is 2.25 bits per heavy atom. The summed E-state index contributed by atoms with van der Waals surface area (Å²) in [7, 11) is 0. The van der Waals surface area contributed by atoms with Crippen molar-refractivity contribution < 1.29 is 14.0 Å². The van der Waals surface area contributed by atoms with Gasteiger partial charge in [-0.05, 0) is 36.6 Å². The first-order valence-corrected chi connectivity index (χ1v) is 7.76. The molecule has 0 fully saturated rings. The molecular formula is C16H18FN5O2. The molecular weight excluding hydrogens is 313 g/mol. The average Bonchev–Trinajstić information content (AvgIpc) is 3.06. The van der Waals surface area contributed by atoms with Crippen molar-refractivity contribution in [1.29, 1.82) is 0 Å². The van der Waals surface area contributed by atoms with Gasteiger partial charge in [0.2, 0.25) is 5.91 Å². The molecule has 0 unspecified atom stereocenters. The maximum absolute atomic E-state index is 14.0. The lowest BCUT2D eigenvalue weighted by atomic mass is 10.0. The number of anilines is 2. The molecule has 0 atom stereocenters. The van der Waals surface area contributed by atoms with E-state index in [1.165, 1.54) is 6.07 Å². The van der Waals surface area contributed by atoms with Gasteiger partial charge in [0.15, 0.2) is 0 Å². The molecule has 1 aliphatic rings. The zero-order chi connectivity index (χ0) is 16.9. The van der Waals surface area contributed by atoms with Crippen LogP contribution in [0, 0.1) is 5.82 Å². The average molecular weight is 331 g/mol. The monoisotopic (exact) mass is 331 g/mol. The number of nitrogens with zero attached hydrogens (tertiary/aromatic N) is 2. The SMILES string of the molecule is O=C1CCc2cc(NC(=O)NCCCn3cccn3)c(F)cc2N1. The van der Waals surface area contributed by atoms with Gasteiger partial charge in [-0.2, -0.15) is 5.10 Å². The van der Waals surface area contributed by atoms with E-state index in [1.807, 2.05) is 12.3 Å². The summed E-state index contributed by atoms with van der Waals surface area (Å²) in [5.74, 6) is -0.708. The van der Waals surface area contributed by atoms with Crippen LogP contribution in [0.25, 0.3) is 0 Å². The number of urea groups is 1. The molecule has 1 aliphatic heterocycles. The smallest absolute Gasteiger partial charge is 0.319 e. The fourth-order valence-electron chi connectivity index (χ4n) is 2.54. The van der Waals surface area contributed by atoms with E-state index in [2.05, 4.69) is 21.0 Å². The van der Waals surface area contributed by atoms with Gasteiger partial charge in [0.05, 0.1) is 5.69 Å². The van der Waals surface area contributed by atoms with Gasteiger partial charge in [0, 0.05) is 37.6 Å². The summed E-state index contributed by atoms with van der Waals surface area (Å²) in [5.41, 5.74) is 1.38. The molecule has 0 bridgehead atoms. The number of carbonyl (C=O) groups excluding carboxylic acids is 2. The van der Waals surface area contributed by atoms with Crippen LogP contribution in [0.1, 0.15) is 18.4 Å². The number of fused-ring (bicyclic) bond motifs is 1. The molecule has 0 spiro atoms. The Morgan fingerprint density at radius 1 is 1.38 bits per heavy atom. The Labute approximate surface area is 138 Å². The van der Waals surface area contributed by atoms with E-state index in [0.29, 0.717) is 38.0 Å². The number of aryl methyl sites for hydroxylation is 2. The van der Waals surface area contributed by atoms with E-state index in [9.17, 15) is 14.0 Å². The zero-order valence-corrected chi connectivity index (χ0v) is 13.0. The number of aromatic nitrogens is 2. The van der Waals surface area contributed by atoms with E-state index in [1.54, 1.807) is 16.9 Å². The molecule has 2 aromatic rings. The first-order valence-electron chi connectivity index (χ1n) is 7.76. The number of benzene rings is 1. The number of nitrogens with one attached hydrogen (secondary N) is 3. The summed E-state index contributed by atoms with van der Waals surface area (Å²) in [5, 5.41) is 11.9. The molecule has 126 valence electrons. The molecule has 1 aromatic carbocycles. The van der Waals surface area contributed by atoms with Crippen molar-refractivity contribution in [2.45, 2.75) is 25.8 Å². The van der Waals surface area contributed by atoms with Gasteiger partial charge in [-0.25, -0.2) is 9.18 Å². The molecule has 24 heavy (non-hydrogen) atoms. The minimum Gasteiger partial charge on any atom is -0.338 e. The lowest BCUT2D eigenvalue weighted by Crippen LogP contribution is -2.30. The van der Waals surface area contributed by atoms with Crippen molar-refractivity contribution in [2.24, 2.45) is 0 Å². The molecule has 1 aromatic heterocycles. The van der Waals surface area contributed by atoms with E-state index >= 15 is 0 Å². The molecule has 0 saturated heterocycles. The topological polar surface area (TPSA) is 88.1 Å². The van der Waals surface area contributed by atoms with Crippen molar-refractivity contribution in [2.75, 3.05) is 17.2 Å². The highest BCUT2D eigenvalue weighted by atomic mass is 19.1. The molecule has 2 heterocycles. The normalized spacial score (nSPS) is 13.1. The van der Waals surface area contributed by atoms with Crippen LogP contribution in [0.4, 0.5) is 20.6 Å². The van der Waals surface area contributed by atoms with Crippen LogP contribution in [0.3, 0.4) is 0 Å². The second-order valence-electron chi connectivity index (χ2n) is 5.54. The summed E-state index contributed by atoms with van der Waals surface area (Å²) in [4.78, 5) is 23.2. The van der Waals surface area contributed by atoms with Crippen LogP contribution in [0.5, 0.6) is 0 Å². The van der Waals surface area contributed by atoms with Gasteiger partial charge in [0.25, 0.3) is 0 Å². The second-order valence-corrected chi connectivity index (χ2v) is 5.54. The molecule has 0 radical (unpaired) electrons. The molecule has 8 heteroatoms. The predicted molar refractivity (Wildman–Crippen MR) is 87.2 cm³/mol. The standard InChI is InChI=1S/C16H18FN5O2/c17-12-10-13-11(3-4-15(23)20-13)9-14(12)21-16(24)18-5-1-7-22-8-2-6-19-22/h2,6,8-10H,1,3-5,7H2,(H,20,23)(H2,18,21,24). The van der Waals surface area contributed by atoms with E-state index in [4.69, 9.17) is 0 Å². The predicted octanol–water partition coefficient (Wildman–Crippen LogP) is 2.12. The van der Waals surface area contributed by atoms with Gasteiger partial charge in [0.1, 0.15) is 5.82 Å². The number of hydrogen-bond donors (Lipinski definition) is 3. The summed E-state index contributed by atoms with van der Waals surface area (Å²) in [6.07, 6.45) is 5.15. The quantitative estimate of drug-likeness (QED) is 0.733. The lowest BCUT2D eigenvalue weighted by molar-refractivity contribution is -0.116. The minimum atomic E-state index is -0.581. The fraction of sp³-hybridized carbons (Fsp3) is 0.312. The molecule has 0 aliphatic carbocycles. The highest BCUT2D eigenvalue weighted by Crippen LogP contribution is 2.28. The third-order valence-corrected chi connectivity index (χ3v) is 3.75. The molecule has 3 N–H and O–H groups in total. The van der Waals surface area contributed by atoms with Crippen LogP contribution >= 0.6 is 0 Å². The van der Waals surface area contributed by atoms with Gasteiger partial charge in [-0.1, -0.05) is 0 Å². The number of rotatable bonds is 5. The summed E-state index contributed by atoms with van der Waals surface area (Å²) in [6.45, 7) is 1.15. The summed E-state index contributed by atoms with van der Waals surface area (Å²) >= 11 is 0. The van der Waals surface area contributed by atoms with Gasteiger partial charge < -0.3 is 16.0 Å². The summed E-state index contributed by atoms with van der Waals surface area (Å²) in [6, 6.07) is 4.17. The van der Waals surface area contributed by atoms with Crippen molar-refractivity contribution in [3.8, 4) is 0 Å². The van der Waals surface area contributed by atoms with Crippen LogP contribution in [-0.2, 0) is 17.8 Å². The third kappa shape index (κ3) is 3.89. The Morgan fingerprint density at radius 3 is 3.04 bits per heavy atom. The van der Waals surface area contributed by atoms with Crippen molar-refractivity contribution >= 4 is 23.3 Å². The number of halogens is 1. The number of hydrogen-bond acceptors (Lipinski definition) is 3. The van der Waals surface area contributed by atoms with E-state index in [0.717, 1.165) is 5.56 Å². The summed E-state index contributed by atoms with van der Waals surface area (Å²) < 4.78 is 15.8. The van der Waals surface area contributed by atoms with Crippen molar-refractivity contribution in [1.82, 2.24) is 15.1 Å². The van der Waals surface area contributed by atoms with Gasteiger partial charge in [-0.15, -0.1) is 0 Å². The molecule has 3 rings (SSSR count). The van der Waals surface area contributed by atoms with Crippen LogP contribution in [0.2, 0.25) is 0 Å². The van der Waals surface area contributed by atoms with Crippen LogP contribution in [-0.4, -0.2) is 28.3 Å². The highest BCUT2D eigenvalue weighted by Gasteiger charge is 2.18. The van der Waals surface area contributed by atoms with Crippen molar-refractivity contribution in [3.63, 3.8) is 0 Å². The lowest BCUT2D eigenvalue weighted by Gasteiger charge is -2.18. The maximum atomic E-state index is 14.0. The van der Waals surface area contributed by atoms with E-state index in [-0.39, 0.29) is 11.6 Å². The van der Waals surface area contributed by atoms with Gasteiger partial charge >= 0.3 is 6.03 Å².